The Morgan fingerprint density at radius 3 is 2.78 bits per heavy atom. The molecule has 4 heteroatoms. The van der Waals surface area contributed by atoms with Crippen LogP contribution in [-0.2, 0) is 10.8 Å². The zero-order valence-corrected chi connectivity index (χ0v) is 12.5. The van der Waals surface area contributed by atoms with Gasteiger partial charge in [0.1, 0.15) is 0 Å². The van der Waals surface area contributed by atoms with Gasteiger partial charge in [-0.1, -0.05) is 31.9 Å². The Balaban J connectivity index is 2.33. The SMILES string of the molecule is CCCNC1c2cc(Cl)ccc2S(=O)C1CCC. The van der Waals surface area contributed by atoms with Gasteiger partial charge in [-0.15, -0.1) is 0 Å². The standard InChI is InChI=1S/C14H20ClNOS/c1-3-5-13-14(16-8-4-2)11-9-10(15)6-7-12(11)18(13)17/h6-7,9,13-14,16H,3-5,8H2,1-2H3. The van der Waals surface area contributed by atoms with Gasteiger partial charge in [0.2, 0.25) is 0 Å². The molecule has 3 unspecified atom stereocenters. The summed E-state index contributed by atoms with van der Waals surface area (Å²) in [5.74, 6) is 0. The second-order valence-electron chi connectivity index (χ2n) is 4.74. The molecule has 1 aromatic carbocycles. The maximum Gasteiger partial charge on any atom is 0.0590 e. The molecule has 100 valence electrons. The predicted octanol–water partition coefficient (Wildman–Crippen LogP) is 3.67. The molecule has 1 aliphatic rings. The van der Waals surface area contributed by atoms with Crippen molar-refractivity contribution in [2.45, 2.75) is 49.3 Å². The molecule has 0 aromatic heterocycles. The first kappa shape index (κ1) is 14.0. The molecule has 0 saturated heterocycles. The van der Waals surface area contributed by atoms with Gasteiger partial charge in [-0.2, -0.15) is 0 Å². The van der Waals surface area contributed by atoms with Crippen LogP contribution in [0.3, 0.4) is 0 Å². The molecule has 0 amide bonds. The van der Waals surface area contributed by atoms with E-state index in [9.17, 15) is 4.21 Å². The van der Waals surface area contributed by atoms with Gasteiger partial charge < -0.3 is 5.32 Å². The van der Waals surface area contributed by atoms with E-state index in [1.54, 1.807) is 0 Å². The number of hydrogen-bond donors (Lipinski definition) is 1. The van der Waals surface area contributed by atoms with E-state index in [-0.39, 0.29) is 11.3 Å². The lowest BCUT2D eigenvalue weighted by molar-refractivity contribution is 0.493. The Hall–Kier alpha value is -0.380. The molecule has 1 aromatic rings. The smallest absolute Gasteiger partial charge is 0.0590 e. The first-order valence-corrected chi connectivity index (χ1v) is 8.21. The highest BCUT2D eigenvalue weighted by atomic mass is 35.5. The molecular formula is C14H20ClNOS. The molecule has 2 nitrogen and oxygen atoms in total. The summed E-state index contributed by atoms with van der Waals surface area (Å²) in [4.78, 5) is 0.964. The van der Waals surface area contributed by atoms with Gasteiger partial charge >= 0.3 is 0 Å². The predicted molar refractivity (Wildman–Crippen MR) is 77.6 cm³/mol. The molecule has 0 radical (unpaired) electrons. The van der Waals surface area contributed by atoms with Crippen molar-refractivity contribution in [1.82, 2.24) is 5.32 Å². The minimum atomic E-state index is -0.898. The molecule has 0 aliphatic carbocycles. The Morgan fingerprint density at radius 2 is 2.11 bits per heavy atom. The number of nitrogens with one attached hydrogen (secondary N) is 1. The van der Waals surface area contributed by atoms with Crippen molar-refractivity contribution in [2.24, 2.45) is 0 Å². The number of rotatable bonds is 5. The molecule has 3 atom stereocenters. The van der Waals surface area contributed by atoms with Gasteiger partial charge in [0, 0.05) is 16.0 Å². The molecule has 18 heavy (non-hydrogen) atoms. The highest BCUT2D eigenvalue weighted by Gasteiger charge is 2.37. The highest BCUT2D eigenvalue weighted by Crippen LogP contribution is 2.39. The molecule has 0 bridgehead atoms. The van der Waals surface area contributed by atoms with Crippen molar-refractivity contribution in [3.63, 3.8) is 0 Å². The van der Waals surface area contributed by atoms with Gasteiger partial charge in [0.25, 0.3) is 0 Å². The summed E-state index contributed by atoms with van der Waals surface area (Å²) in [5, 5.41) is 4.45. The van der Waals surface area contributed by atoms with Crippen LogP contribution in [0.15, 0.2) is 23.1 Å². The second-order valence-corrected chi connectivity index (χ2v) is 6.82. The van der Waals surface area contributed by atoms with Gasteiger partial charge in [0.05, 0.1) is 16.0 Å². The van der Waals surface area contributed by atoms with Crippen LogP contribution >= 0.6 is 11.6 Å². The fraction of sp³-hybridized carbons (Fsp3) is 0.571. The monoisotopic (exact) mass is 285 g/mol. The lowest BCUT2D eigenvalue weighted by Gasteiger charge is -2.20. The van der Waals surface area contributed by atoms with E-state index >= 15 is 0 Å². The van der Waals surface area contributed by atoms with Crippen LogP contribution in [0.2, 0.25) is 5.02 Å². The van der Waals surface area contributed by atoms with Crippen LogP contribution in [0.4, 0.5) is 0 Å². The summed E-state index contributed by atoms with van der Waals surface area (Å²) in [6, 6.07) is 5.92. The van der Waals surface area contributed by atoms with E-state index in [2.05, 4.69) is 19.2 Å². The molecule has 1 heterocycles. The van der Waals surface area contributed by atoms with E-state index < -0.39 is 10.8 Å². The van der Waals surface area contributed by atoms with E-state index in [0.29, 0.717) is 0 Å². The number of fused-ring (bicyclic) bond motifs is 1. The zero-order chi connectivity index (χ0) is 13.1. The normalized spacial score (nSPS) is 26.3. The summed E-state index contributed by atoms with van der Waals surface area (Å²) < 4.78 is 12.5. The van der Waals surface area contributed by atoms with Crippen molar-refractivity contribution in [3.05, 3.63) is 28.8 Å². The maximum absolute atomic E-state index is 12.5. The third kappa shape index (κ3) is 2.63. The van der Waals surface area contributed by atoms with E-state index in [0.717, 1.165) is 41.3 Å². The van der Waals surface area contributed by atoms with Crippen molar-refractivity contribution in [3.8, 4) is 0 Å². The Labute approximate surface area is 117 Å². The fourth-order valence-corrected chi connectivity index (χ4v) is 4.60. The molecule has 1 N–H and O–H groups in total. The first-order chi connectivity index (χ1) is 8.69. The van der Waals surface area contributed by atoms with Crippen molar-refractivity contribution >= 4 is 22.4 Å². The second kappa shape index (κ2) is 6.18. The molecule has 2 rings (SSSR count). The van der Waals surface area contributed by atoms with Gasteiger partial charge in [-0.3, -0.25) is 4.21 Å². The average molecular weight is 286 g/mol. The first-order valence-electron chi connectivity index (χ1n) is 6.62. The Morgan fingerprint density at radius 1 is 1.33 bits per heavy atom. The van der Waals surface area contributed by atoms with Crippen molar-refractivity contribution < 1.29 is 4.21 Å². The van der Waals surface area contributed by atoms with E-state index in [1.165, 1.54) is 0 Å². The summed E-state index contributed by atoms with van der Waals surface area (Å²) in [7, 11) is -0.898. The molecule has 0 saturated carbocycles. The summed E-state index contributed by atoms with van der Waals surface area (Å²) >= 11 is 6.07. The highest BCUT2D eigenvalue weighted by molar-refractivity contribution is 7.86. The van der Waals surface area contributed by atoms with Crippen LogP contribution in [0, 0.1) is 0 Å². The maximum atomic E-state index is 12.5. The van der Waals surface area contributed by atoms with Crippen molar-refractivity contribution in [1.29, 1.82) is 0 Å². The summed E-state index contributed by atoms with van der Waals surface area (Å²) in [6.45, 7) is 5.24. The van der Waals surface area contributed by atoms with Crippen LogP contribution in [0.1, 0.15) is 44.7 Å². The summed E-state index contributed by atoms with van der Waals surface area (Å²) in [5.41, 5.74) is 1.13. The third-order valence-electron chi connectivity index (χ3n) is 3.36. The van der Waals surface area contributed by atoms with E-state index in [1.807, 2.05) is 18.2 Å². The van der Waals surface area contributed by atoms with Gasteiger partial charge in [-0.25, -0.2) is 0 Å². The largest absolute Gasteiger partial charge is 0.309 e. The minimum absolute atomic E-state index is 0.190. The molecule has 0 spiro atoms. The lowest BCUT2D eigenvalue weighted by atomic mass is 10.0. The number of hydrogen-bond acceptors (Lipinski definition) is 2. The fourth-order valence-electron chi connectivity index (χ4n) is 2.53. The molecule has 1 aliphatic heterocycles. The quantitative estimate of drug-likeness (QED) is 0.894. The van der Waals surface area contributed by atoms with Crippen LogP contribution in [0.5, 0.6) is 0 Å². The average Bonchev–Trinajstić information content (AvgIpc) is 2.61. The van der Waals surface area contributed by atoms with Crippen molar-refractivity contribution in [2.75, 3.05) is 6.54 Å². The summed E-state index contributed by atoms with van der Waals surface area (Å²) in [6.07, 6.45) is 3.13. The third-order valence-corrected chi connectivity index (χ3v) is 5.46. The van der Waals surface area contributed by atoms with Gasteiger partial charge in [0.15, 0.2) is 0 Å². The van der Waals surface area contributed by atoms with Crippen LogP contribution < -0.4 is 5.32 Å². The van der Waals surface area contributed by atoms with Crippen LogP contribution in [-0.4, -0.2) is 16.0 Å². The Bertz CT molecular complexity index is 449. The molecule has 0 fully saturated rings. The number of halogens is 1. The topological polar surface area (TPSA) is 29.1 Å². The number of benzene rings is 1. The minimum Gasteiger partial charge on any atom is -0.309 e. The Kier molecular flexibility index (Phi) is 4.82. The molecular weight excluding hydrogens is 266 g/mol. The van der Waals surface area contributed by atoms with Crippen LogP contribution in [0.25, 0.3) is 0 Å². The lowest BCUT2D eigenvalue weighted by Crippen LogP contribution is -2.30. The zero-order valence-electron chi connectivity index (χ0n) is 10.9. The van der Waals surface area contributed by atoms with E-state index in [4.69, 9.17) is 11.6 Å². The van der Waals surface area contributed by atoms with Gasteiger partial charge in [-0.05, 0) is 43.1 Å².